The number of hydrogen-bond acceptors (Lipinski definition) is 2. The van der Waals surface area contributed by atoms with Crippen LogP contribution in [-0.2, 0) is 4.74 Å². The van der Waals surface area contributed by atoms with Gasteiger partial charge in [-0.1, -0.05) is 0 Å². The molecule has 106 valence electrons. The van der Waals surface area contributed by atoms with Crippen LogP contribution in [0.4, 0.5) is 4.39 Å². The summed E-state index contributed by atoms with van der Waals surface area (Å²) >= 11 is 0. The van der Waals surface area contributed by atoms with E-state index in [1.54, 1.807) is 6.07 Å². The van der Waals surface area contributed by atoms with Gasteiger partial charge in [0.2, 0.25) is 0 Å². The van der Waals surface area contributed by atoms with Crippen molar-refractivity contribution >= 4 is 16.8 Å². The molecule has 0 radical (unpaired) electrons. The third kappa shape index (κ3) is 2.41. The summed E-state index contributed by atoms with van der Waals surface area (Å²) in [5.74, 6) is -0.457. The molecule has 0 bridgehead atoms. The number of rotatable bonds is 3. The second-order valence-corrected chi connectivity index (χ2v) is 5.16. The van der Waals surface area contributed by atoms with E-state index in [9.17, 15) is 9.18 Å². The molecule has 1 atom stereocenters. The first-order chi connectivity index (χ1) is 9.65. The van der Waals surface area contributed by atoms with Gasteiger partial charge in [-0.2, -0.15) is 0 Å². The Kier molecular flexibility index (Phi) is 3.44. The Morgan fingerprint density at radius 3 is 3.15 bits per heavy atom. The smallest absolute Gasteiger partial charge is 0.253 e. The summed E-state index contributed by atoms with van der Waals surface area (Å²) in [5, 5.41) is 3.64. The average molecular weight is 276 g/mol. The summed E-state index contributed by atoms with van der Waals surface area (Å²) in [5.41, 5.74) is 1.97. The predicted octanol–water partition coefficient (Wildman–Crippen LogP) is 2.52. The Morgan fingerprint density at radius 2 is 2.40 bits per heavy atom. The van der Waals surface area contributed by atoms with Crippen LogP contribution < -0.4 is 5.32 Å². The van der Waals surface area contributed by atoms with Crippen molar-refractivity contribution in [2.75, 3.05) is 13.2 Å². The lowest BCUT2D eigenvalue weighted by atomic mass is 10.1. The van der Waals surface area contributed by atoms with Crippen molar-refractivity contribution in [3.8, 4) is 0 Å². The van der Waals surface area contributed by atoms with Gasteiger partial charge in [0.1, 0.15) is 5.82 Å². The topological polar surface area (TPSA) is 54.1 Å². The lowest BCUT2D eigenvalue weighted by Crippen LogP contribution is -2.32. The van der Waals surface area contributed by atoms with E-state index in [1.807, 2.05) is 6.92 Å². The Bertz CT molecular complexity index is 645. The molecule has 20 heavy (non-hydrogen) atoms. The van der Waals surface area contributed by atoms with Gasteiger partial charge in [0.05, 0.1) is 11.7 Å². The van der Waals surface area contributed by atoms with Gasteiger partial charge in [0.15, 0.2) is 0 Å². The first-order valence-electron chi connectivity index (χ1n) is 6.83. The monoisotopic (exact) mass is 276 g/mol. The van der Waals surface area contributed by atoms with Crippen molar-refractivity contribution in [2.24, 2.45) is 0 Å². The highest BCUT2D eigenvalue weighted by Gasteiger charge is 2.19. The van der Waals surface area contributed by atoms with Gasteiger partial charge < -0.3 is 15.0 Å². The fraction of sp³-hybridized carbons (Fsp3) is 0.400. The number of hydrogen-bond donors (Lipinski definition) is 2. The van der Waals surface area contributed by atoms with Crippen LogP contribution in [0.5, 0.6) is 0 Å². The third-order valence-electron chi connectivity index (χ3n) is 3.69. The van der Waals surface area contributed by atoms with Gasteiger partial charge >= 0.3 is 0 Å². The number of ether oxygens (including phenoxy) is 1. The number of aromatic nitrogens is 1. The van der Waals surface area contributed by atoms with Crippen molar-refractivity contribution in [2.45, 2.75) is 25.9 Å². The normalized spacial score (nSPS) is 18.6. The number of benzene rings is 1. The Labute approximate surface area is 116 Å². The Balaban J connectivity index is 1.81. The molecule has 2 aromatic rings. The summed E-state index contributed by atoms with van der Waals surface area (Å²) in [6.07, 6.45) is 2.14. The maximum atomic E-state index is 13.2. The maximum Gasteiger partial charge on any atom is 0.253 e. The maximum absolute atomic E-state index is 13.2. The van der Waals surface area contributed by atoms with Crippen LogP contribution in [0, 0.1) is 12.7 Å². The molecule has 4 nitrogen and oxygen atoms in total. The quantitative estimate of drug-likeness (QED) is 0.905. The minimum atomic E-state index is -0.315. The number of amides is 1. The molecular formula is C15H17FN2O2. The molecule has 1 unspecified atom stereocenters. The van der Waals surface area contributed by atoms with Crippen LogP contribution in [-0.4, -0.2) is 30.1 Å². The molecule has 3 rings (SSSR count). The zero-order chi connectivity index (χ0) is 14.1. The lowest BCUT2D eigenvalue weighted by Gasteiger charge is -2.10. The molecule has 5 heteroatoms. The van der Waals surface area contributed by atoms with E-state index in [2.05, 4.69) is 10.3 Å². The standard InChI is InChI=1S/C15H17FN2O2/c1-9-14(12-5-4-10(16)7-13(12)18-9)15(19)17-8-11-3-2-6-20-11/h4-5,7,11,18H,2-3,6,8H2,1H3,(H,17,19). The molecule has 2 N–H and O–H groups in total. The number of aromatic amines is 1. The van der Waals surface area contributed by atoms with Crippen LogP contribution in [0.3, 0.4) is 0 Å². The van der Waals surface area contributed by atoms with Crippen LogP contribution in [0.1, 0.15) is 28.9 Å². The van der Waals surface area contributed by atoms with Crippen LogP contribution >= 0.6 is 0 Å². The molecule has 1 amide bonds. The van der Waals surface area contributed by atoms with Gasteiger partial charge in [-0.05, 0) is 38.0 Å². The molecule has 1 aliphatic rings. The van der Waals surface area contributed by atoms with Crippen LogP contribution in [0.2, 0.25) is 0 Å². The number of carbonyl (C=O) groups excluding carboxylic acids is 1. The zero-order valence-corrected chi connectivity index (χ0v) is 11.3. The summed E-state index contributed by atoms with van der Waals surface area (Å²) < 4.78 is 18.7. The predicted molar refractivity (Wildman–Crippen MR) is 74.3 cm³/mol. The Hall–Kier alpha value is -1.88. The summed E-state index contributed by atoms with van der Waals surface area (Å²) in [6.45, 7) is 3.11. The molecule has 0 saturated carbocycles. The molecule has 0 aliphatic carbocycles. The van der Waals surface area contributed by atoms with E-state index >= 15 is 0 Å². The first-order valence-corrected chi connectivity index (χ1v) is 6.83. The van der Waals surface area contributed by atoms with Crippen molar-refractivity contribution in [3.05, 3.63) is 35.3 Å². The van der Waals surface area contributed by atoms with Gasteiger partial charge in [-0.3, -0.25) is 4.79 Å². The minimum absolute atomic E-state index is 0.113. The number of aryl methyl sites for hydroxylation is 1. The molecule has 1 aromatic heterocycles. The number of nitrogens with one attached hydrogen (secondary N) is 2. The SMILES string of the molecule is Cc1[nH]c2cc(F)ccc2c1C(=O)NCC1CCCO1. The van der Waals surface area contributed by atoms with E-state index in [-0.39, 0.29) is 17.8 Å². The minimum Gasteiger partial charge on any atom is -0.376 e. The number of H-pyrrole nitrogens is 1. The average Bonchev–Trinajstić information content (AvgIpc) is 3.02. The van der Waals surface area contributed by atoms with Gasteiger partial charge in [0.25, 0.3) is 5.91 Å². The molecule has 1 aliphatic heterocycles. The Morgan fingerprint density at radius 1 is 1.55 bits per heavy atom. The first kappa shape index (κ1) is 13.1. The fourth-order valence-corrected chi connectivity index (χ4v) is 2.70. The van der Waals surface area contributed by atoms with Crippen molar-refractivity contribution in [1.29, 1.82) is 0 Å². The second-order valence-electron chi connectivity index (χ2n) is 5.16. The second kappa shape index (κ2) is 5.25. The molecule has 1 aromatic carbocycles. The largest absolute Gasteiger partial charge is 0.376 e. The van der Waals surface area contributed by atoms with Gasteiger partial charge in [0, 0.05) is 29.7 Å². The number of carbonyl (C=O) groups is 1. The summed E-state index contributed by atoms with van der Waals surface area (Å²) in [6, 6.07) is 4.40. The van der Waals surface area contributed by atoms with Crippen LogP contribution in [0.15, 0.2) is 18.2 Å². The van der Waals surface area contributed by atoms with E-state index in [0.717, 1.165) is 30.5 Å². The van der Waals surface area contributed by atoms with E-state index < -0.39 is 0 Å². The number of fused-ring (bicyclic) bond motifs is 1. The molecular weight excluding hydrogens is 259 g/mol. The third-order valence-corrected chi connectivity index (χ3v) is 3.69. The summed E-state index contributed by atoms with van der Waals surface area (Å²) in [7, 11) is 0. The highest BCUT2D eigenvalue weighted by Crippen LogP contribution is 2.23. The van der Waals surface area contributed by atoms with E-state index in [0.29, 0.717) is 17.6 Å². The van der Waals surface area contributed by atoms with Gasteiger partial charge in [-0.25, -0.2) is 4.39 Å². The fourth-order valence-electron chi connectivity index (χ4n) is 2.70. The van der Waals surface area contributed by atoms with Crippen LogP contribution in [0.25, 0.3) is 10.9 Å². The summed E-state index contributed by atoms with van der Waals surface area (Å²) in [4.78, 5) is 15.3. The molecule has 2 heterocycles. The molecule has 1 fully saturated rings. The van der Waals surface area contributed by atoms with Crippen molar-refractivity contribution < 1.29 is 13.9 Å². The number of halogens is 1. The zero-order valence-electron chi connectivity index (χ0n) is 11.3. The lowest BCUT2D eigenvalue weighted by molar-refractivity contribution is 0.0858. The highest BCUT2D eigenvalue weighted by atomic mass is 19.1. The van der Waals surface area contributed by atoms with Crippen molar-refractivity contribution in [1.82, 2.24) is 10.3 Å². The molecule has 0 spiro atoms. The van der Waals surface area contributed by atoms with E-state index in [4.69, 9.17) is 4.74 Å². The van der Waals surface area contributed by atoms with E-state index in [1.165, 1.54) is 12.1 Å². The van der Waals surface area contributed by atoms with Gasteiger partial charge in [-0.15, -0.1) is 0 Å². The molecule has 1 saturated heterocycles. The highest BCUT2D eigenvalue weighted by molar-refractivity contribution is 6.08. The van der Waals surface area contributed by atoms with Crippen molar-refractivity contribution in [3.63, 3.8) is 0 Å².